The normalized spacial score (nSPS) is 31.2. The van der Waals surface area contributed by atoms with Crippen LogP contribution >= 0.6 is 0 Å². The number of carbonyl (C=O) groups excluding carboxylic acids is 3. The number of amides is 4. The molecule has 0 saturated carbocycles. The Balaban J connectivity index is 1.56. The second kappa shape index (κ2) is 6.96. The molecule has 3 heterocycles. The van der Waals surface area contributed by atoms with E-state index in [1.165, 1.54) is 0 Å². The van der Waals surface area contributed by atoms with Crippen LogP contribution in [0.1, 0.15) is 19.3 Å². The molecule has 5 N–H and O–H groups in total. The molecule has 0 aromatic rings. The van der Waals surface area contributed by atoms with E-state index in [2.05, 4.69) is 20.5 Å². The quantitative estimate of drug-likeness (QED) is 0.244. The number of carbonyl (C=O) groups is 3. The van der Waals surface area contributed by atoms with Crippen molar-refractivity contribution in [1.82, 2.24) is 26.1 Å². The summed E-state index contributed by atoms with van der Waals surface area (Å²) in [5.74, 6) is -1.16. The third-order valence-electron chi connectivity index (χ3n) is 4.53. The second-order valence-corrected chi connectivity index (χ2v) is 7.34. The molecule has 13 nitrogen and oxygen atoms in total. The van der Waals surface area contributed by atoms with Crippen molar-refractivity contribution in [3.05, 3.63) is 0 Å². The van der Waals surface area contributed by atoms with Gasteiger partial charge in [-0.25, -0.2) is 4.79 Å². The fourth-order valence-corrected chi connectivity index (χ4v) is 3.70. The lowest BCUT2D eigenvalue weighted by Crippen LogP contribution is -2.56. The highest BCUT2D eigenvalue weighted by atomic mass is 32.3. The molecule has 3 fully saturated rings. The third-order valence-corrected chi connectivity index (χ3v) is 4.88. The number of hydroxylamine groups is 2. The Kier molecular flexibility index (Phi) is 5.03. The van der Waals surface area contributed by atoms with Crippen LogP contribution < -0.4 is 16.2 Å². The molecule has 3 aliphatic heterocycles. The second-order valence-electron chi connectivity index (χ2n) is 6.34. The first-order valence-electron chi connectivity index (χ1n) is 7.93. The molecule has 0 aliphatic carbocycles. The Morgan fingerprint density at radius 1 is 1.23 bits per heavy atom. The van der Waals surface area contributed by atoms with Gasteiger partial charge in [0, 0.05) is 13.1 Å². The third kappa shape index (κ3) is 3.88. The molecule has 14 heteroatoms. The largest absolute Gasteiger partial charge is 0.418 e. The zero-order valence-corrected chi connectivity index (χ0v) is 14.3. The van der Waals surface area contributed by atoms with Gasteiger partial charge in [-0.3, -0.25) is 25.0 Å². The molecular formula is C12H19N5O8S. The van der Waals surface area contributed by atoms with E-state index in [1.54, 1.807) is 0 Å². The molecule has 0 unspecified atom stereocenters. The van der Waals surface area contributed by atoms with Crippen molar-refractivity contribution in [3.63, 3.8) is 0 Å². The summed E-state index contributed by atoms with van der Waals surface area (Å²) >= 11 is 0. The number of aliphatic hydroxyl groups is 1. The Bertz CT molecular complexity index is 714. The van der Waals surface area contributed by atoms with Crippen LogP contribution in [0.2, 0.25) is 0 Å². The SMILES string of the molecule is O=C(NNC(=O)[C@@H]1CC[C@H]2CN1C(=O)N2OS(=O)(=O)O)[C@@H]1C[C@@H](O)CN1. The molecule has 3 rings (SSSR count). The van der Waals surface area contributed by atoms with E-state index >= 15 is 0 Å². The topological polar surface area (TPSA) is 178 Å². The molecule has 0 aromatic carbocycles. The van der Waals surface area contributed by atoms with Crippen molar-refractivity contribution in [2.75, 3.05) is 13.1 Å². The maximum absolute atomic E-state index is 12.3. The first-order valence-corrected chi connectivity index (χ1v) is 9.30. The van der Waals surface area contributed by atoms with E-state index in [0.717, 1.165) is 4.90 Å². The zero-order valence-electron chi connectivity index (χ0n) is 13.5. The number of β-amino-alcohol motifs (C(OH)–C–C–N with tert-alkyl or cyclic N) is 1. The van der Waals surface area contributed by atoms with Gasteiger partial charge < -0.3 is 15.3 Å². The fourth-order valence-electron chi connectivity index (χ4n) is 3.31. The summed E-state index contributed by atoms with van der Waals surface area (Å²) in [6, 6.07) is -3.02. The summed E-state index contributed by atoms with van der Waals surface area (Å²) in [5, 5.41) is 12.7. The molecule has 0 spiro atoms. The lowest BCUT2D eigenvalue weighted by molar-refractivity contribution is -0.132. The van der Waals surface area contributed by atoms with E-state index in [0.29, 0.717) is 5.06 Å². The van der Waals surface area contributed by atoms with Crippen molar-refractivity contribution in [3.8, 4) is 0 Å². The van der Waals surface area contributed by atoms with Gasteiger partial charge in [0.25, 0.3) is 11.8 Å². The number of aliphatic hydroxyl groups excluding tert-OH is 1. The van der Waals surface area contributed by atoms with E-state index in [4.69, 9.17) is 4.55 Å². The van der Waals surface area contributed by atoms with E-state index < -0.39 is 52.5 Å². The van der Waals surface area contributed by atoms with Crippen molar-refractivity contribution >= 4 is 28.2 Å². The van der Waals surface area contributed by atoms with Gasteiger partial charge in [0.15, 0.2) is 0 Å². The number of urea groups is 1. The molecule has 26 heavy (non-hydrogen) atoms. The van der Waals surface area contributed by atoms with Crippen LogP contribution in [0.15, 0.2) is 0 Å². The van der Waals surface area contributed by atoms with E-state index in [9.17, 15) is 27.9 Å². The standard InChI is InChI=1S/C12H19N5O8S/c18-7-3-8(13-4-7)10(19)14-15-11(20)9-2-1-6-5-16(9)12(21)17(6)25-26(22,23)24/h6-9,13,18H,1-5H2,(H,14,19)(H,15,20)(H,22,23,24)/t6-,7+,8-,9-/m0/s1. The van der Waals surface area contributed by atoms with E-state index in [1.807, 2.05) is 0 Å². The molecule has 0 radical (unpaired) electrons. The molecule has 2 bridgehead atoms. The van der Waals surface area contributed by atoms with Gasteiger partial charge in [-0.1, -0.05) is 0 Å². The van der Waals surface area contributed by atoms with Crippen molar-refractivity contribution in [2.24, 2.45) is 0 Å². The lowest BCUT2D eigenvalue weighted by Gasteiger charge is -2.29. The van der Waals surface area contributed by atoms with Crippen LogP contribution in [0.25, 0.3) is 0 Å². The number of nitrogens with one attached hydrogen (secondary N) is 3. The molecule has 3 aliphatic rings. The number of rotatable bonds is 4. The predicted molar refractivity (Wildman–Crippen MR) is 82.1 cm³/mol. The minimum atomic E-state index is -4.86. The minimum absolute atomic E-state index is 0.0523. The summed E-state index contributed by atoms with van der Waals surface area (Å²) in [7, 11) is -4.86. The van der Waals surface area contributed by atoms with Crippen LogP contribution in [-0.4, -0.2) is 83.2 Å². The highest BCUT2D eigenvalue weighted by Gasteiger charge is 2.49. The molecule has 4 amide bonds. The Labute approximate surface area is 148 Å². The van der Waals surface area contributed by atoms with Crippen molar-refractivity contribution in [2.45, 2.75) is 43.5 Å². The van der Waals surface area contributed by atoms with Crippen LogP contribution in [0, 0.1) is 0 Å². The van der Waals surface area contributed by atoms with Gasteiger partial charge in [0.2, 0.25) is 0 Å². The van der Waals surface area contributed by atoms with Crippen molar-refractivity contribution < 1.29 is 36.7 Å². The Morgan fingerprint density at radius 3 is 2.54 bits per heavy atom. The molecule has 3 saturated heterocycles. The predicted octanol–water partition coefficient (Wildman–Crippen LogP) is -3.14. The highest BCUT2D eigenvalue weighted by molar-refractivity contribution is 7.80. The number of fused-ring (bicyclic) bond motifs is 2. The van der Waals surface area contributed by atoms with Gasteiger partial charge in [0.1, 0.15) is 6.04 Å². The molecular weight excluding hydrogens is 374 g/mol. The number of hydrogen-bond donors (Lipinski definition) is 5. The first kappa shape index (κ1) is 18.8. The summed E-state index contributed by atoms with van der Waals surface area (Å²) in [6.45, 7) is 0.332. The molecule has 4 atom stereocenters. The van der Waals surface area contributed by atoms with Crippen molar-refractivity contribution in [1.29, 1.82) is 0 Å². The zero-order chi connectivity index (χ0) is 19.1. The summed E-state index contributed by atoms with van der Waals surface area (Å²) in [5.41, 5.74) is 4.46. The number of piperidine rings is 1. The van der Waals surface area contributed by atoms with Crippen LogP contribution in [0.4, 0.5) is 4.79 Å². The smallest absolute Gasteiger partial charge is 0.392 e. The molecule has 146 valence electrons. The van der Waals surface area contributed by atoms with E-state index in [-0.39, 0.29) is 32.4 Å². The summed E-state index contributed by atoms with van der Waals surface area (Å²) < 4.78 is 34.7. The number of hydrogen-bond acceptors (Lipinski definition) is 8. The lowest BCUT2D eigenvalue weighted by atomic mass is 10.0. The van der Waals surface area contributed by atoms with Gasteiger partial charge in [-0.15, -0.1) is 4.28 Å². The summed E-state index contributed by atoms with van der Waals surface area (Å²) in [6.07, 6.45) is 0.0938. The first-order chi connectivity index (χ1) is 12.2. The molecule has 0 aromatic heterocycles. The van der Waals surface area contributed by atoms with Gasteiger partial charge in [0.05, 0.1) is 18.2 Å². The van der Waals surface area contributed by atoms with Gasteiger partial charge in [-0.05, 0) is 19.3 Å². The monoisotopic (exact) mass is 393 g/mol. The average Bonchev–Trinajstić information content (AvgIpc) is 3.09. The van der Waals surface area contributed by atoms with Crippen LogP contribution in [-0.2, 0) is 24.3 Å². The van der Waals surface area contributed by atoms with Gasteiger partial charge in [-0.2, -0.15) is 13.5 Å². The minimum Gasteiger partial charge on any atom is -0.392 e. The average molecular weight is 393 g/mol. The number of nitrogens with zero attached hydrogens (tertiary/aromatic N) is 2. The maximum atomic E-state index is 12.3. The van der Waals surface area contributed by atoms with Crippen LogP contribution in [0.3, 0.4) is 0 Å². The maximum Gasteiger partial charge on any atom is 0.418 e. The Morgan fingerprint density at radius 2 is 1.92 bits per heavy atom. The fraction of sp³-hybridized carbons (Fsp3) is 0.750. The van der Waals surface area contributed by atoms with Gasteiger partial charge >= 0.3 is 16.4 Å². The Hall–Kier alpha value is -2.00. The number of hydrazine groups is 1. The highest BCUT2D eigenvalue weighted by Crippen LogP contribution is 2.30. The summed E-state index contributed by atoms with van der Waals surface area (Å²) in [4.78, 5) is 37.5. The van der Waals surface area contributed by atoms with Crippen LogP contribution in [0.5, 0.6) is 0 Å².